The lowest BCUT2D eigenvalue weighted by atomic mass is 10.1. The van der Waals surface area contributed by atoms with Gasteiger partial charge in [0.2, 0.25) is 0 Å². The number of nitrogens with zero attached hydrogens (tertiary/aromatic N) is 2. The Morgan fingerprint density at radius 1 is 1.29 bits per heavy atom. The van der Waals surface area contributed by atoms with Crippen LogP contribution in [-0.2, 0) is 0 Å². The van der Waals surface area contributed by atoms with Crippen LogP contribution in [0, 0.1) is 10.1 Å². The molecule has 10 heteroatoms. The van der Waals surface area contributed by atoms with Crippen LogP contribution in [0.3, 0.4) is 0 Å². The average molecular weight is 347 g/mol. The molecule has 1 aromatic rings. The van der Waals surface area contributed by atoms with E-state index in [0.717, 1.165) is 0 Å². The predicted octanol–water partition coefficient (Wildman–Crippen LogP) is 2.71. The van der Waals surface area contributed by atoms with Crippen LogP contribution in [0.1, 0.15) is 12.8 Å². The first-order chi connectivity index (χ1) is 11.2. The number of alkyl halides is 3. The third-order valence-electron chi connectivity index (χ3n) is 3.57. The van der Waals surface area contributed by atoms with E-state index in [4.69, 9.17) is 4.74 Å². The lowest BCUT2D eigenvalue weighted by Crippen LogP contribution is -2.47. The average Bonchev–Trinajstić information content (AvgIpc) is 2.48. The van der Waals surface area contributed by atoms with E-state index >= 15 is 0 Å². The summed E-state index contributed by atoms with van der Waals surface area (Å²) in [6, 6.07) is 4.74. The fraction of sp³-hybridized carbons (Fsp3) is 0.500. The summed E-state index contributed by atoms with van der Waals surface area (Å²) in [5, 5.41) is 13.1. The molecule has 0 bridgehead atoms. The van der Waals surface area contributed by atoms with Gasteiger partial charge in [-0.15, -0.1) is 0 Å². The zero-order chi connectivity index (χ0) is 17.7. The molecule has 0 radical (unpaired) electrons. The molecule has 1 saturated heterocycles. The molecular formula is C14H16F3N3O4. The highest BCUT2D eigenvalue weighted by Gasteiger charge is 2.32. The van der Waals surface area contributed by atoms with Gasteiger partial charge in [0.15, 0.2) is 0 Å². The fourth-order valence-electron chi connectivity index (χ4n) is 2.43. The second-order valence-electron chi connectivity index (χ2n) is 5.45. The van der Waals surface area contributed by atoms with E-state index in [2.05, 4.69) is 5.32 Å². The number of rotatable bonds is 4. The zero-order valence-corrected chi connectivity index (χ0v) is 12.6. The molecule has 132 valence electrons. The number of amides is 1. The summed E-state index contributed by atoms with van der Waals surface area (Å²) in [5.41, 5.74) is -0.125. The van der Waals surface area contributed by atoms with Crippen LogP contribution in [0.5, 0.6) is 5.75 Å². The van der Waals surface area contributed by atoms with Gasteiger partial charge in [0, 0.05) is 31.3 Å². The Hall–Kier alpha value is -2.36. The molecule has 1 aliphatic rings. The molecule has 0 saturated carbocycles. The Morgan fingerprint density at radius 2 is 1.88 bits per heavy atom. The fourth-order valence-corrected chi connectivity index (χ4v) is 2.43. The lowest BCUT2D eigenvalue weighted by Gasteiger charge is -2.32. The number of hydrogen-bond acceptors (Lipinski definition) is 5. The van der Waals surface area contributed by atoms with Crippen molar-refractivity contribution in [3.63, 3.8) is 0 Å². The summed E-state index contributed by atoms with van der Waals surface area (Å²) in [7, 11) is 0. The number of nitro benzene ring substituents is 1. The second-order valence-corrected chi connectivity index (χ2v) is 5.45. The molecule has 1 N–H and O–H groups in total. The van der Waals surface area contributed by atoms with Gasteiger partial charge in [-0.3, -0.25) is 15.0 Å². The van der Waals surface area contributed by atoms with Crippen molar-refractivity contribution >= 4 is 11.8 Å². The minimum absolute atomic E-state index is 0.125. The molecule has 0 atom stereocenters. The van der Waals surface area contributed by atoms with Gasteiger partial charge < -0.3 is 10.1 Å². The molecule has 1 aromatic carbocycles. The number of ether oxygens (including phenoxy) is 1. The standard InChI is InChI=1S/C14H16F3N3O4/c15-14(16,17)9-19-7-5-10(6-8-19)18-13(21)24-12-3-1-11(2-4-12)20(22)23/h1-4,10H,5-9H2,(H,18,21). The number of piperidine rings is 1. The highest BCUT2D eigenvalue weighted by Crippen LogP contribution is 2.20. The van der Waals surface area contributed by atoms with Crippen molar-refractivity contribution in [1.82, 2.24) is 10.2 Å². The third-order valence-corrected chi connectivity index (χ3v) is 3.57. The molecule has 0 aromatic heterocycles. The number of likely N-dealkylation sites (tertiary alicyclic amines) is 1. The van der Waals surface area contributed by atoms with E-state index in [9.17, 15) is 28.1 Å². The lowest BCUT2D eigenvalue weighted by molar-refractivity contribution is -0.384. The maximum absolute atomic E-state index is 12.3. The Labute approximate surface area is 135 Å². The SMILES string of the molecule is O=C(NC1CCN(CC(F)(F)F)CC1)Oc1ccc([N+](=O)[O-])cc1. The van der Waals surface area contributed by atoms with Gasteiger partial charge in [0.05, 0.1) is 11.5 Å². The van der Waals surface area contributed by atoms with Crippen LogP contribution in [0.4, 0.5) is 23.7 Å². The number of halogens is 3. The molecule has 0 spiro atoms. The van der Waals surface area contributed by atoms with E-state index in [0.29, 0.717) is 12.8 Å². The molecule has 1 aliphatic heterocycles. The van der Waals surface area contributed by atoms with Gasteiger partial charge in [0.1, 0.15) is 5.75 Å². The topological polar surface area (TPSA) is 84.7 Å². The van der Waals surface area contributed by atoms with Gasteiger partial charge in [-0.2, -0.15) is 13.2 Å². The highest BCUT2D eigenvalue weighted by molar-refractivity contribution is 5.70. The van der Waals surface area contributed by atoms with Crippen molar-refractivity contribution in [3.8, 4) is 5.75 Å². The Bertz CT molecular complexity index is 584. The van der Waals surface area contributed by atoms with E-state index in [1.165, 1.54) is 29.2 Å². The van der Waals surface area contributed by atoms with Crippen LogP contribution in [-0.4, -0.2) is 47.8 Å². The number of nitrogens with one attached hydrogen (secondary N) is 1. The number of hydrogen-bond donors (Lipinski definition) is 1. The minimum atomic E-state index is -4.23. The van der Waals surface area contributed by atoms with Crippen molar-refractivity contribution in [2.45, 2.75) is 25.1 Å². The molecule has 2 rings (SSSR count). The summed E-state index contributed by atoms with van der Waals surface area (Å²) >= 11 is 0. The minimum Gasteiger partial charge on any atom is -0.410 e. The van der Waals surface area contributed by atoms with Gasteiger partial charge in [-0.25, -0.2) is 4.79 Å². The van der Waals surface area contributed by atoms with Crippen LogP contribution >= 0.6 is 0 Å². The van der Waals surface area contributed by atoms with E-state index in [1.54, 1.807) is 0 Å². The monoisotopic (exact) mass is 347 g/mol. The van der Waals surface area contributed by atoms with Gasteiger partial charge in [-0.05, 0) is 25.0 Å². The molecule has 0 aliphatic carbocycles. The Morgan fingerprint density at radius 3 is 2.38 bits per heavy atom. The molecule has 1 fully saturated rings. The van der Waals surface area contributed by atoms with E-state index < -0.39 is 23.7 Å². The summed E-state index contributed by atoms with van der Waals surface area (Å²) in [4.78, 5) is 23.0. The maximum Gasteiger partial charge on any atom is 0.412 e. The Balaban J connectivity index is 1.76. The first-order valence-electron chi connectivity index (χ1n) is 7.25. The number of benzene rings is 1. The largest absolute Gasteiger partial charge is 0.412 e. The molecule has 1 heterocycles. The summed E-state index contributed by atoms with van der Waals surface area (Å²) in [6.45, 7) is -0.475. The number of non-ortho nitro benzene ring substituents is 1. The maximum atomic E-state index is 12.3. The molecule has 0 unspecified atom stereocenters. The van der Waals surface area contributed by atoms with E-state index in [1.807, 2.05) is 0 Å². The summed E-state index contributed by atoms with van der Waals surface area (Å²) < 4.78 is 41.9. The summed E-state index contributed by atoms with van der Waals surface area (Å²) in [5.74, 6) is 0.146. The van der Waals surface area contributed by atoms with E-state index in [-0.39, 0.29) is 30.6 Å². The highest BCUT2D eigenvalue weighted by atomic mass is 19.4. The van der Waals surface area contributed by atoms with Crippen molar-refractivity contribution in [1.29, 1.82) is 0 Å². The predicted molar refractivity (Wildman–Crippen MR) is 77.8 cm³/mol. The van der Waals surface area contributed by atoms with Crippen LogP contribution in [0.25, 0.3) is 0 Å². The van der Waals surface area contributed by atoms with Gasteiger partial charge in [-0.1, -0.05) is 0 Å². The third kappa shape index (κ3) is 5.69. The van der Waals surface area contributed by atoms with Crippen LogP contribution in [0.2, 0.25) is 0 Å². The quantitative estimate of drug-likeness (QED) is 0.669. The molecule has 24 heavy (non-hydrogen) atoms. The Kier molecular flexibility index (Phi) is 5.60. The van der Waals surface area contributed by atoms with Crippen LogP contribution < -0.4 is 10.1 Å². The van der Waals surface area contributed by atoms with Gasteiger partial charge >= 0.3 is 12.3 Å². The van der Waals surface area contributed by atoms with Gasteiger partial charge in [0.25, 0.3) is 5.69 Å². The first kappa shape index (κ1) is 18.0. The van der Waals surface area contributed by atoms with Crippen LogP contribution in [0.15, 0.2) is 24.3 Å². The van der Waals surface area contributed by atoms with Crippen molar-refractivity contribution in [2.24, 2.45) is 0 Å². The number of nitro groups is 1. The zero-order valence-electron chi connectivity index (χ0n) is 12.6. The molecular weight excluding hydrogens is 331 g/mol. The van der Waals surface area contributed by atoms with Crippen molar-refractivity contribution in [2.75, 3.05) is 19.6 Å². The smallest absolute Gasteiger partial charge is 0.410 e. The number of carbonyl (C=O) groups is 1. The summed E-state index contributed by atoms with van der Waals surface area (Å²) in [6.07, 6.45) is -4.18. The second kappa shape index (κ2) is 7.47. The number of carbonyl (C=O) groups excluding carboxylic acids is 1. The molecule has 7 nitrogen and oxygen atoms in total. The molecule has 1 amide bonds. The van der Waals surface area contributed by atoms with Crippen molar-refractivity contribution < 1.29 is 27.6 Å². The first-order valence-corrected chi connectivity index (χ1v) is 7.25. The van der Waals surface area contributed by atoms with Crippen molar-refractivity contribution in [3.05, 3.63) is 34.4 Å². The normalized spacial score (nSPS) is 16.6.